The highest BCUT2D eigenvalue weighted by Crippen LogP contribution is 2.33. The first-order valence-corrected chi connectivity index (χ1v) is 10.0. The minimum Gasteiger partial charge on any atom is -0.497 e. The van der Waals surface area contributed by atoms with E-state index in [0.717, 1.165) is 29.2 Å². The molecule has 0 atom stereocenters. The minimum absolute atomic E-state index is 0.0855. The molecule has 7 heteroatoms. The quantitative estimate of drug-likeness (QED) is 0.362. The van der Waals surface area contributed by atoms with Gasteiger partial charge in [-0.15, -0.1) is 0 Å². The molecule has 1 heterocycles. The molecular formula is C21H21NO4S2. The van der Waals surface area contributed by atoms with Crippen LogP contribution in [0.4, 0.5) is 0 Å². The molecule has 1 saturated heterocycles. The maximum Gasteiger partial charge on any atom is 0.265 e. The van der Waals surface area contributed by atoms with Crippen LogP contribution in [0, 0.1) is 0 Å². The molecule has 28 heavy (non-hydrogen) atoms. The van der Waals surface area contributed by atoms with E-state index in [0.29, 0.717) is 22.4 Å². The lowest BCUT2D eigenvalue weighted by molar-refractivity contribution is -0.121. The van der Waals surface area contributed by atoms with Gasteiger partial charge in [0.25, 0.3) is 5.91 Å². The summed E-state index contributed by atoms with van der Waals surface area (Å²) in [7, 11) is 3.32. The normalized spacial score (nSPS) is 15.2. The zero-order chi connectivity index (χ0) is 19.9. The number of methoxy groups -OCH3 is 1. The molecule has 0 spiro atoms. The first-order valence-electron chi connectivity index (χ1n) is 8.78. The lowest BCUT2D eigenvalue weighted by Gasteiger charge is -2.10. The van der Waals surface area contributed by atoms with Crippen molar-refractivity contribution in [2.75, 3.05) is 27.4 Å². The molecule has 3 rings (SSSR count). The SMILES string of the molecule is COc1ccc(OCCCOc2ccccc2C=C2SC(=S)N(C)C2=O)cc1. The summed E-state index contributed by atoms with van der Waals surface area (Å²) in [5, 5.41) is 0. The van der Waals surface area contributed by atoms with Crippen molar-refractivity contribution in [1.82, 2.24) is 4.90 Å². The number of thiocarbonyl (C=S) groups is 1. The van der Waals surface area contributed by atoms with E-state index in [1.54, 1.807) is 14.2 Å². The van der Waals surface area contributed by atoms with Crippen LogP contribution in [0.3, 0.4) is 0 Å². The summed E-state index contributed by atoms with van der Waals surface area (Å²) in [6.45, 7) is 1.05. The van der Waals surface area contributed by atoms with Crippen molar-refractivity contribution in [3.8, 4) is 17.2 Å². The number of hydrogen-bond donors (Lipinski definition) is 0. The van der Waals surface area contributed by atoms with Gasteiger partial charge in [0, 0.05) is 19.0 Å². The van der Waals surface area contributed by atoms with E-state index in [9.17, 15) is 4.79 Å². The molecule has 0 unspecified atom stereocenters. The molecule has 5 nitrogen and oxygen atoms in total. The number of rotatable bonds is 8. The maximum absolute atomic E-state index is 12.2. The van der Waals surface area contributed by atoms with E-state index < -0.39 is 0 Å². The van der Waals surface area contributed by atoms with Gasteiger partial charge < -0.3 is 14.2 Å². The molecule has 0 bridgehead atoms. The number of thioether (sulfide) groups is 1. The number of benzene rings is 2. The van der Waals surface area contributed by atoms with Crippen LogP contribution in [0.25, 0.3) is 6.08 Å². The highest BCUT2D eigenvalue weighted by atomic mass is 32.2. The van der Waals surface area contributed by atoms with E-state index in [1.807, 2.05) is 54.6 Å². The van der Waals surface area contributed by atoms with Crippen LogP contribution in [-0.4, -0.2) is 42.5 Å². The third-order valence-corrected chi connectivity index (χ3v) is 5.55. The Morgan fingerprint density at radius 1 is 1.04 bits per heavy atom. The van der Waals surface area contributed by atoms with E-state index in [2.05, 4.69) is 0 Å². The van der Waals surface area contributed by atoms with E-state index in [1.165, 1.54) is 16.7 Å². The van der Waals surface area contributed by atoms with Gasteiger partial charge in [0.05, 0.1) is 25.2 Å². The van der Waals surface area contributed by atoms with Crippen molar-refractivity contribution in [3.05, 3.63) is 59.0 Å². The van der Waals surface area contributed by atoms with E-state index >= 15 is 0 Å². The molecule has 146 valence electrons. The van der Waals surface area contributed by atoms with Crippen molar-refractivity contribution in [2.24, 2.45) is 0 Å². The van der Waals surface area contributed by atoms with Gasteiger partial charge >= 0.3 is 0 Å². The van der Waals surface area contributed by atoms with Crippen LogP contribution in [-0.2, 0) is 4.79 Å². The summed E-state index contributed by atoms with van der Waals surface area (Å²) in [4.78, 5) is 14.3. The molecule has 2 aromatic rings. The third-order valence-electron chi connectivity index (χ3n) is 4.07. The van der Waals surface area contributed by atoms with Crippen LogP contribution in [0.15, 0.2) is 53.4 Å². The van der Waals surface area contributed by atoms with Crippen LogP contribution < -0.4 is 14.2 Å². The summed E-state index contributed by atoms with van der Waals surface area (Å²) < 4.78 is 17.3. The molecule has 0 radical (unpaired) electrons. The summed E-state index contributed by atoms with van der Waals surface area (Å²) >= 11 is 6.48. The smallest absolute Gasteiger partial charge is 0.265 e. The molecule has 2 aromatic carbocycles. The molecule has 0 aromatic heterocycles. The lowest BCUT2D eigenvalue weighted by atomic mass is 10.2. The third kappa shape index (κ3) is 5.05. The first-order chi connectivity index (χ1) is 13.6. The Kier molecular flexibility index (Phi) is 6.95. The topological polar surface area (TPSA) is 48.0 Å². The van der Waals surface area contributed by atoms with Crippen molar-refractivity contribution >= 4 is 40.3 Å². The molecule has 1 aliphatic rings. The van der Waals surface area contributed by atoms with Crippen molar-refractivity contribution in [3.63, 3.8) is 0 Å². The average molecular weight is 416 g/mol. The highest BCUT2D eigenvalue weighted by molar-refractivity contribution is 8.26. The largest absolute Gasteiger partial charge is 0.497 e. The zero-order valence-corrected chi connectivity index (χ0v) is 17.3. The number of ether oxygens (including phenoxy) is 3. The van der Waals surface area contributed by atoms with Gasteiger partial charge in [0.2, 0.25) is 0 Å². The summed E-state index contributed by atoms with van der Waals surface area (Å²) in [6.07, 6.45) is 2.56. The maximum atomic E-state index is 12.2. The number of amides is 1. The Hall–Kier alpha value is -2.51. The molecule has 0 aliphatic carbocycles. The van der Waals surface area contributed by atoms with Crippen molar-refractivity contribution < 1.29 is 19.0 Å². The summed E-state index contributed by atoms with van der Waals surface area (Å²) in [5.41, 5.74) is 0.854. The molecule has 1 fully saturated rings. The lowest BCUT2D eigenvalue weighted by Crippen LogP contribution is -2.22. The fraction of sp³-hybridized carbons (Fsp3) is 0.238. The van der Waals surface area contributed by atoms with E-state index in [-0.39, 0.29) is 5.91 Å². The second-order valence-electron chi connectivity index (χ2n) is 6.00. The second-order valence-corrected chi connectivity index (χ2v) is 7.68. The Balaban J connectivity index is 1.52. The molecule has 1 amide bonds. The Labute approximate surface area is 174 Å². The number of likely N-dealkylation sites (N-methyl/N-ethyl adjacent to an activating group) is 1. The highest BCUT2D eigenvalue weighted by Gasteiger charge is 2.28. The Bertz CT molecular complexity index is 880. The molecule has 1 aliphatic heterocycles. The van der Waals surface area contributed by atoms with Crippen molar-refractivity contribution in [1.29, 1.82) is 0 Å². The van der Waals surface area contributed by atoms with Gasteiger partial charge in [-0.1, -0.05) is 42.2 Å². The predicted molar refractivity (Wildman–Crippen MR) is 116 cm³/mol. The van der Waals surface area contributed by atoms with Gasteiger partial charge in [0.15, 0.2) is 0 Å². The molecule has 0 saturated carbocycles. The standard InChI is InChI=1S/C21H21NO4S2/c1-22-20(23)19(28-21(22)27)14-15-6-3-4-7-18(15)26-13-5-12-25-17-10-8-16(24-2)9-11-17/h3-4,6-11,14H,5,12-13H2,1-2H3. The van der Waals surface area contributed by atoms with Crippen molar-refractivity contribution in [2.45, 2.75) is 6.42 Å². The number of carbonyl (C=O) groups excluding carboxylic acids is 1. The number of hydrogen-bond acceptors (Lipinski definition) is 6. The van der Waals surface area contributed by atoms with Gasteiger partial charge in [-0.2, -0.15) is 0 Å². The monoisotopic (exact) mass is 415 g/mol. The Morgan fingerprint density at radius 2 is 1.71 bits per heavy atom. The fourth-order valence-electron chi connectivity index (χ4n) is 2.52. The van der Waals surface area contributed by atoms with Crippen LogP contribution >= 0.6 is 24.0 Å². The van der Waals surface area contributed by atoms with Gasteiger partial charge in [-0.05, 0) is 36.4 Å². The molecular weight excluding hydrogens is 394 g/mol. The number of nitrogens with zero attached hydrogens (tertiary/aromatic N) is 1. The second kappa shape index (κ2) is 9.61. The minimum atomic E-state index is -0.0855. The summed E-state index contributed by atoms with van der Waals surface area (Å²) in [5.74, 6) is 2.24. The Morgan fingerprint density at radius 3 is 2.39 bits per heavy atom. The number of para-hydroxylation sites is 1. The fourth-order valence-corrected chi connectivity index (χ4v) is 3.69. The first kappa shape index (κ1) is 20.2. The van der Waals surface area contributed by atoms with Gasteiger partial charge in [0.1, 0.15) is 21.6 Å². The summed E-state index contributed by atoms with van der Waals surface area (Å²) in [6, 6.07) is 15.1. The average Bonchev–Trinajstić information content (AvgIpc) is 2.96. The van der Waals surface area contributed by atoms with Gasteiger partial charge in [-0.25, -0.2) is 0 Å². The van der Waals surface area contributed by atoms with Gasteiger partial charge in [-0.3, -0.25) is 9.69 Å². The molecule has 0 N–H and O–H groups in total. The van der Waals surface area contributed by atoms with Crippen LogP contribution in [0.2, 0.25) is 0 Å². The number of carbonyl (C=O) groups is 1. The van der Waals surface area contributed by atoms with E-state index in [4.69, 9.17) is 26.4 Å². The van der Waals surface area contributed by atoms with Crippen LogP contribution in [0.1, 0.15) is 12.0 Å². The predicted octanol–water partition coefficient (Wildman–Crippen LogP) is 4.37. The zero-order valence-electron chi connectivity index (χ0n) is 15.7. The van der Waals surface area contributed by atoms with Crippen LogP contribution in [0.5, 0.6) is 17.2 Å².